The number of carbonyl (C=O) groups excluding carboxylic acids is 1. The van der Waals surface area contributed by atoms with Crippen molar-refractivity contribution in [1.82, 2.24) is 4.90 Å². The summed E-state index contributed by atoms with van der Waals surface area (Å²) in [6, 6.07) is 14.4. The molecule has 23 heavy (non-hydrogen) atoms. The number of para-hydroxylation sites is 1. The van der Waals surface area contributed by atoms with E-state index in [1.54, 1.807) is 24.3 Å². The van der Waals surface area contributed by atoms with E-state index in [0.29, 0.717) is 5.69 Å². The van der Waals surface area contributed by atoms with E-state index in [1.807, 2.05) is 18.2 Å². The van der Waals surface area contributed by atoms with Crippen molar-refractivity contribution >= 4 is 23.1 Å². The number of benzene rings is 2. The third-order valence-electron chi connectivity index (χ3n) is 4.37. The minimum atomic E-state index is -0.198. The maximum Gasteiger partial charge on any atom is 0.247 e. The van der Waals surface area contributed by atoms with Gasteiger partial charge in [0.05, 0.1) is 5.69 Å². The van der Waals surface area contributed by atoms with Crippen LogP contribution in [0.3, 0.4) is 0 Å². The number of hydrogen-bond donors (Lipinski definition) is 2. The molecular weight excluding hydrogens is 290 g/mol. The molecule has 0 aromatic heterocycles. The van der Waals surface area contributed by atoms with Crippen LogP contribution in [0.15, 0.2) is 53.5 Å². The van der Waals surface area contributed by atoms with Gasteiger partial charge in [-0.15, -0.1) is 0 Å². The second kappa shape index (κ2) is 5.43. The summed E-state index contributed by atoms with van der Waals surface area (Å²) in [5, 5.41) is 12.2. The Morgan fingerprint density at radius 1 is 1.17 bits per heavy atom. The molecule has 1 amide bonds. The molecule has 2 N–H and O–H groups in total. The molecule has 2 aliphatic rings. The van der Waals surface area contributed by atoms with E-state index in [2.05, 4.69) is 21.3 Å². The summed E-state index contributed by atoms with van der Waals surface area (Å²) in [6.45, 7) is 0.725. The Bertz CT molecular complexity index is 783. The van der Waals surface area contributed by atoms with Gasteiger partial charge in [0.25, 0.3) is 0 Å². The highest BCUT2D eigenvalue weighted by atomic mass is 16.3. The van der Waals surface area contributed by atoms with Crippen LogP contribution < -0.4 is 5.32 Å². The summed E-state index contributed by atoms with van der Waals surface area (Å²) in [7, 11) is 0. The quantitative estimate of drug-likeness (QED) is 0.838. The molecule has 5 heteroatoms. The highest BCUT2D eigenvalue weighted by Gasteiger charge is 2.36. The molecule has 0 spiro atoms. The number of rotatable bonds is 2. The van der Waals surface area contributed by atoms with Gasteiger partial charge in [-0.2, -0.15) is 0 Å². The van der Waals surface area contributed by atoms with Crippen molar-refractivity contribution in [3.05, 3.63) is 54.1 Å². The average molecular weight is 307 g/mol. The van der Waals surface area contributed by atoms with E-state index in [4.69, 9.17) is 0 Å². The molecule has 4 rings (SSSR count). The lowest BCUT2D eigenvalue weighted by atomic mass is 10.1. The zero-order chi connectivity index (χ0) is 15.8. The predicted octanol–water partition coefficient (Wildman–Crippen LogP) is 3.04. The van der Waals surface area contributed by atoms with Crippen LogP contribution >= 0.6 is 0 Å². The number of hydrogen-bond acceptors (Lipinski definition) is 4. The molecule has 2 aromatic rings. The summed E-state index contributed by atoms with van der Waals surface area (Å²) >= 11 is 0. The molecule has 0 bridgehead atoms. The first-order valence-electron chi connectivity index (χ1n) is 7.73. The van der Waals surface area contributed by atoms with Gasteiger partial charge in [0.15, 0.2) is 0 Å². The molecular formula is C18H17N3O2. The van der Waals surface area contributed by atoms with E-state index >= 15 is 0 Å². The number of nitrogens with zero attached hydrogens (tertiary/aromatic N) is 2. The molecule has 2 aliphatic heterocycles. The smallest absolute Gasteiger partial charge is 0.247 e. The SMILES string of the molecule is O=C(Nc1ccc(O)cc1)[C@H]1CCC2=Nc3ccccc3CN21. The van der Waals surface area contributed by atoms with Crippen LogP contribution in [0.1, 0.15) is 18.4 Å². The zero-order valence-corrected chi connectivity index (χ0v) is 12.6. The average Bonchev–Trinajstić information content (AvgIpc) is 2.97. The van der Waals surface area contributed by atoms with Gasteiger partial charge < -0.3 is 15.3 Å². The molecule has 0 radical (unpaired) electrons. The molecule has 0 aliphatic carbocycles. The Morgan fingerprint density at radius 2 is 1.96 bits per heavy atom. The fourth-order valence-electron chi connectivity index (χ4n) is 3.19. The van der Waals surface area contributed by atoms with Crippen LogP contribution in [-0.2, 0) is 11.3 Å². The minimum Gasteiger partial charge on any atom is -0.508 e. The number of nitrogens with one attached hydrogen (secondary N) is 1. The van der Waals surface area contributed by atoms with Crippen LogP contribution in [0.25, 0.3) is 0 Å². The van der Waals surface area contributed by atoms with Crippen molar-refractivity contribution in [2.24, 2.45) is 4.99 Å². The second-order valence-corrected chi connectivity index (χ2v) is 5.88. The van der Waals surface area contributed by atoms with E-state index in [1.165, 1.54) is 0 Å². The van der Waals surface area contributed by atoms with Gasteiger partial charge in [-0.25, -0.2) is 4.99 Å². The zero-order valence-electron chi connectivity index (χ0n) is 12.6. The second-order valence-electron chi connectivity index (χ2n) is 5.88. The van der Waals surface area contributed by atoms with Crippen LogP contribution in [0.4, 0.5) is 11.4 Å². The van der Waals surface area contributed by atoms with E-state index in [0.717, 1.165) is 36.5 Å². The lowest BCUT2D eigenvalue weighted by Gasteiger charge is -2.29. The summed E-state index contributed by atoms with van der Waals surface area (Å²) < 4.78 is 0. The van der Waals surface area contributed by atoms with Crippen molar-refractivity contribution in [1.29, 1.82) is 0 Å². The number of fused-ring (bicyclic) bond motifs is 2. The summed E-state index contributed by atoms with van der Waals surface area (Å²) in [5.41, 5.74) is 2.86. The Kier molecular flexibility index (Phi) is 3.26. The van der Waals surface area contributed by atoms with Gasteiger partial charge >= 0.3 is 0 Å². The van der Waals surface area contributed by atoms with Gasteiger partial charge in [0.2, 0.25) is 5.91 Å². The van der Waals surface area contributed by atoms with Gasteiger partial charge in [-0.1, -0.05) is 18.2 Å². The van der Waals surface area contributed by atoms with Crippen molar-refractivity contribution < 1.29 is 9.90 Å². The molecule has 0 unspecified atom stereocenters. The number of amidine groups is 1. The van der Waals surface area contributed by atoms with Gasteiger partial charge in [-0.3, -0.25) is 4.79 Å². The number of amides is 1. The molecule has 2 heterocycles. The van der Waals surface area contributed by atoms with Crippen molar-refractivity contribution in [3.63, 3.8) is 0 Å². The predicted molar refractivity (Wildman–Crippen MR) is 88.8 cm³/mol. The molecule has 116 valence electrons. The monoisotopic (exact) mass is 307 g/mol. The first kappa shape index (κ1) is 13.8. The van der Waals surface area contributed by atoms with Gasteiger partial charge in [-0.05, 0) is 42.3 Å². The number of aliphatic imine (C=N–C) groups is 1. The lowest BCUT2D eigenvalue weighted by Crippen LogP contribution is -2.42. The first-order chi connectivity index (χ1) is 11.2. The fraction of sp³-hybridized carbons (Fsp3) is 0.222. The third kappa shape index (κ3) is 2.54. The Morgan fingerprint density at radius 3 is 2.78 bits per heavy atom. The molecule has 1 saturated heterocycles. The van der Waals surface area contributed by atoms with E-state index in [9.17, 15) is 9.90 Å². The Hall–Kier alpha value is -2.82. The number of phenolic OH excluding ortho intramolecular Hbond substituents is 1. The van der Waals surface area contributed by atoms with Crippen molar-refractivity contribution in [2.45, 2.75) is 25.4 Å². The fourth-order valence-corrected chi connectivity index (χ4v) is 3.19. The number of phenols is 1. The van der Waals surface area contributed by atoms with E-state index in [-0.39, 0.29) is 17.7 Å². The van der Waals surface area contributed by atoms with Crippen LogP contribution in [0.2, 0.25) is 0 Å². The Balaban J connectivity index is 1.53. The van der Waals surface area contributed by atoms with Gasteiger partial charge in [0, 0.05) is 18.7 Å². The van der Waals surface area contributed by atoms with Crippen molar-refractivity contribution in [2.75, 3.05) is 5.32 Å². The van der Waals surface area contributed by atoms with Gasteiger partial charge in [0.1, 0.15) is 17.6 Å². The minimum absolute atomic E-state index is 0.0275. The highest BCUT2D eigenvalue weighted by molar-refractivity contribution is 6.01. The first-order valence-corrected chi connectivity index (χ1v) is 7.73. The highest BCUT2D eigenvalue weighted by Crippen LogP contribution is 2.33. The lowest BCUT2D eigenvalue weighted by molar-refractivity contribution is -0.119. The Labute approximate surface area is 134 Å². The van der Waals surface area contributed by atoms with Crippen molar-refractivity contribution in [3.8, 4) is 5.75 Å². The normalized spacial score (nSPS) is 18.9. The third-order valence-corrected chi connectivity index (χ3v) is 4.37. The number of anilines is 1. The molecule has 0 saturated carbocycles. The molecule has 1 fully saturated rings. The molecule has 2 aromatic carbocycles. The van der Waals surface area contributed by atoms with Crippen LogP contribution in [0.5, 0.6) is 5.75 Å². The molecule has 1 atom stereocenters. The summed E-state index contributed by atoms with van der Waals surface area (Å²) in [5.74, 6) is 1.15. The number of aromatic hydroxyl groups is 1. The topological polar surface area (TPSA) is 64.9 Å². The number of carbonyl (C=O) groups is 1. The summed E-state index contributed by atoms with van der Waals surface area (Å²) in [4.78, 5) is 19.4. The summed E-state index contributed by atoms with van der Waals surface area (Å²) in [6.07, 6.45) is 1.60. The standard InChI is InChI=1S/C18H17N3O2/c22-14-7-5-13(6-8-14)19-18(23)16-9-10-17-20-15-4-2-1-3-12(15)11-21(16)17/h1-8,16,22H,9-11H2,(H,19,23)/t16-/m1/s1. The largest absolute Gasteiger partial charge is 0.508 e. The molecule has 5 nitrogen and oxygen atoms in total. The maximum absolute atomic E-state index is 12.6. The van der Waals surface area contributed by atoms with Crippen LogP contribution in [0, 0.1) is 0 Å². The van der Waals surface area contributed by atoms with Crippen LogP contribution in [-0.4, -0.2) is 27.8 Å². The van der Waals surface area contributed by atoms with E-state index < -0.39 is 0 Å². The maximum atomic E-state index is 12.6.